The molecule has 224 valence electrons. The van der Waals surface area contributed by atoms with Crippen molar-refractivity contribution in [3.8, 4) is 0 Å². The predicted octanol–water partition coefficient (Wildman–Crippen LogP) is -0.00260. The van der Waals surface area contributed by atoms with Crippen molar-refractivity contribution in [3.05, 3.63) is 35.9 Å². The van der Waals surface area contributed by atoms with Crippen LogP contribution in [0.2, 0.25) is 0 Å². The highest BCUT2D eigenvalue weighted by Crippen LogP contribution is 2.32. The molecule has 1 fully saturated rings. The lowest BCUT2D eigenvalue weighted by Crippen LogP contribution is -2.75. The van der Waals surface area contributed by atoms with Crippen LogP contribution in [0, 0.1) is 0 Å². The number of nitrogens with zero attached hydrogens (tertiary/aromatic N) is 2. The van der Waals surface area contributed by atoms with Crippen molar-refractivity contribution >= 4 is 23.8 Å². The topological polar surface area (TPSA) is 191 Å². The quantitative estimate of drug-likeness (QED) is 0.246. The minimum Gasteiger partial charge on any atom is -0.414 e. The van der Waals surface area contributed by atoms with Crippen LogP contribution in [0.4, 0.5) is 4.79 Å². The maximum Gasteiger partial charge on any atom is 0.517 e. The summed E-state index contributed by atoms with van der Waals surface area (Å²) in [5, 5.41) is 14.1. The Kier molecular flexibility index (Phi) is 10.8. The highest BCUT2D eigenvalue weighted by molar-refractivity contribution is 5.87. The molecule has 8 N–H and O–H groups in total. The van der Waals surface area contributed by atoms with Crippen molar-refractivity contribution < 1.29 is 33.5 Å². The van der Waals surface area contributed by atoms with E-state index in [-0.39, 0.29) is 37.0 Å². The Morgan fingerprint density at radius 1 is 1.10 bits per heavy atom. The highest BCUT2D eigenvalue weighted by atomic mass is 16.6. The van der Waals surface area contributed by atoms with Gasteiger partial charge in [0.1, 0.15) is 30.3 Å². The summed E-state index contributed by atoms with van der Waals surface area (Å²) in [6.07, 6.45) is -1.65. The number of aliphatic hydroxyl groups is 1. The summed E-state index contributed by atoms with van der Waals surface area (Å²) in [5.74, 6) is -1.97. The van der Waals surface area contributed by atoms with Crippen molar-refractivity contribution in [2.45, 2.75) is 89.8 Å². The minimum absolute atomic E-state index is 0.00505. The van der Waals surface area contributed by atoms with Crippen molar-refractivity contribution in [2.75, 3.05) is 26.2 Å². The molecule has 4 amide bonds. The third kappa shape index (κ3) is 8.72. The van der Waals surface area contributed by atoms with Crippen LogP contribution in [0.5, 0.6) is 0 Å². The molecule has 5 atom stereocenters. The van der Waals surface area contributed by atoms with Gasteiger partial charge in [0.2, 0.25) is 17.7 Å². The van der Waals surface area contributed by atoms with E-state index in [0.29, 0.717) is 6.54 Å². The number of nitrogens with one attached hydrogen (secondary N) is 1. The lowest BCUT2D eigenvalue weighted by Gasteiger charge is -2.52. The van der Waals surface area contributed by atoms with Crippen LogP contribution in [0.1, 0.15) is 53.5 Å². The minimum atomic E-state index is -1.17. The van der Waals surface area contributed by atoms with Crippen LogP contribution in [0.3, 0.4) is 0 Å². The molecule has 1 saturated heterocycles. The second kappa shape index (κ2) is 13.1. The van der Waals surface area contributed by atoms with Crippen LogP contribution in [0.15, 0.2) is 30.3 Å². The van der Waals surface area contributed by atoms with Gasteiger partial charge >= 0.3 is 6.09 Å². The molecule has 12 heteroatoms. The fraction of sp³-hybridized carbons (Fsp3) is 0.643. The number of β-amino-alcohol motifs (C(OH)–C–C–N with tert-alkyl or cyclic N) is 1. The van der Waals surface area contributed by atoms with Gasteiger partial charge in [0.25, 0.3) is 0 Å². The molecular weight excluding hydrogens is 516 g/mol. The first-order valence-electron chi connectivity index (χ1n) is 13.6. The predicted molar refractivity (Wildman–Crippen MR) is 150 cm³/mol. The van der Waals surface area contributed by atoms with E-state index in [0.717, 1.165) is 5.56 Å². The number of piperazine rings is 1. The van der Waals surface area contributed by atoms with Crippen LogP contribution < -0.4 is 22.5 Å². The van der Waals surface area contributed by atoms with Gasteiger partial charge in [-0.05, 0) is 53.5 Å². The molecule has 1 aromatic rings. The third-order valence-electron chi connectivity index (χ3n) is 7.32. The summed E-state index contributed by atoms with van der Waals surface area (Å²) in [7, 11) is 0. The van der Waals surface area contributed by atoms with E-state index in [4.69, 9.17) is 21.9 Å². The van der Waals surface area contributed by atoms with Gasteiger partial charge in [-0.15, -0.1) is 0 Å². The number of hydrogen-bond donors (Lipinski definition) is 5. The number of benzene rings is 1. The zero-order chi connectivity index (χ0) is 30.5. The lowest BCUT2D eigenvalue weighted by atomic mass is 9.95. The molecule has 0 radical (unpaired) electrons. The van der Waals surface area contributed by atoms with E-state index in [2.05, 4.69) is 5.32 Å². The van der Waals surface area contributed by atoms with E-state index in [1.165, 1.54) is 0 Å². The van der Waals surface area contributed by atoms with Gasteiger partial charge in [0.05, 0.1) is 24.6 Å². The van der Waals surface area contributed by atoms with Gasteiger partial charge in [-0.3, -0.25) is 19.3 Å². The van der Waals surface area contributed by atoms with E-state index in [9.17, 15) is 24.3 Å². The molecule has 2 unspecified atom stereocenters. The Morgan fingerprint density at radius 2 is 1.70 bits per heavy atom. The van der Waals surface area contributed by atoms with Gasteiger partial charge in [-0.2, -0.15) is 4.79 Å². The fourth-order valence-electron chi connectivity index (χ4n) is 4.96. The summed E-state index contributed by atoms with van der Waals surface area (Å²) in [5.41, 5.74) is 16.4. The van der Waals surface area contributed by atoms with Crippen molar-refractivity contribution in [2.24, 2.45) is 17.2 Å². The van der Waals surface area contributed by atoms with Crippen LogP contribution in [0.25, 0.3) is 0 Å². The number of rotatable bonds is 10. The standard InChI is InChI=1S/C28H46N6O6/c1-27(2,3)34(26(39)40-28(4,5)6)13-12-33(21(17-34)24(31)37)16-22(35)20(14-18-10-8-7-9-11-18)32-25(38)19(29)15-23(30)36/h7-11,19-22,35H,12-17,29H2,1-6H3,(H4-,30,31,32,36,37,38)/p+1/t19-,20-,21?,22+,34?/m0/s1. The average Bonchev–Trinajstić information content (AvgIpc) is 2.82. The summed E-state index contributed by atoms with van der Waals surface area (Å²) >= 11 is 0. The summed E-state index contributed by atoms with van der Waals surface area (Å²) in [6, 6.07) is 6.41. The van der Waals surface area contributed by atoms with E-state index >= 15 is 0 Å². The Labute approximate surface area is 236 Å². The smallest absolute Gasteiger partial charge is 0.414 e. The van der Waals surface area contributed by atoms with Gasteiger partial charge in [0, 0.05) is 13.1 Å². The first kappa shape index (κ1) is 33.1. The van der Waals surface area contributed by atoms with Crippen molar-refractivity contribution in [1.29, 1.82) is 0 Å². The van der Waals surface area contributed by atoms with Crippen LogP contribution >= 0.6 is 0 Å². The molecular formula is C28H47N6O6+. The van der Waals surface area contributed by atoms with Crippen molar-refractivity contribution in [3.63, 3.8) is 0 Å². The zero-order valence-corrected chi connectivity index (χ0v) is 24.6. The first-order valence-corrected chi connectivity index (χ1v) is 13.6. The van der Waals surface area contributed by atoms with E-state index in [1.807, 2.05) is 51.1 Å². The number of aliphatic hydroxyl groups excluding tert-OH is 1. The number of carbonyl (C=O) groups is 4. The Balaban J connectivity index is 2.31. The third-order valence-corrected chi connectivity index (χ3v) is 7.32. The zero-order valence-electron chi connectivity index (χ0n) is 24.6. The SMILES string of the molecule is CC(C)(C)OC(=O)[N+]1(C(C)(C)C)CCN(C[C@@H](O)[C@H](Cc2ccccc2)NC(=O)[C@@H](N)CC(N)=O)C(C(N)=O)C1. The monoisotopic (exact) mass is 563 g/mol. The molecule has 2 rings (SSSR count). The molecule has 1 aliphatic rings. The molecule has 1 heterocycles. The maximum atomic E-state index is 13.5. The average molecular weight is 564 g/mol. The molecule has 40 heavy (non-hydrogen) atoms. The van der Waals surface area contributed by atoms with Crippen LogP contribution in [-0.2, 0) is 25.5 Å². The molecule has 12 nitrogen and oxygen atoms in total. The second-order valence-corrected chi connectivity index (χ2v) is 12.6. The van der Waals surface area contributed by atoms with Crippen LogP contribution in [-0.4, -0.2) is 99.9 Å². The number of amides is 4. The first-order chi connectivity index (χ1) is 18.4. The molecule has 0 bridgehead atoms. The normalized spacial score (nSPS) is 22.6. The summed E-state index contributed by atoms with van der Waals surface area (Å²) < 4.78 is 5.66. The van der Waals surface area contributed by atoms with Gasteiger partial charge in [-0.25, -0.2) is 4.48 Å². The molecule has 0 aliphatic carbocycles. The molecule has 1 aromatic carbocycles. The summed E-state index contributed by atoms with van der Waals surface area (Å²) in [4.78, 5) is 51.9. The van der Waals surface area contributed by atoms with Gasteiger partial charge in [0.15, 0.2) is 0 Å². The van der Waals surface area contributed by atoms with E-state index in [1.54, 1.807) is 25.7 Å². The molecule has 0 spiro atoms. The van der Waals surface area contributed by atoms with Gasteiger partial charge in [-0.1, -0.05) is 30.3 Å². The van der Waals surface area contributed by atoms with Crippen molar-refractivity contribution in [1.82, 2.24) is 10.2 Å². The molecule has 0 aromatic heterocycles. The largest absolute Gasteiger partial charge is 0.517 e. The second-order valence-electron chi connectivity index (χ2n) is 12.6. The molecule has 1 aliphatic heterocycles. The Bertz CT molecular complexity index is 1050. The molecule has 0 saturated carbocycles. The van der Waals surface area contributed by atoms with Gasteiger partial charge < -0.3 is 32.4 Å². The van der Waals surface area contributed by atoms with E-state index < -0.39 is 59.2 Å². The number of carbonyl (C=O) groups excluding carboxylic acids is 4. The number of quaternary nitrogens is 1. The fourth-order valence-corrected chi connectivity index (χ4v) is 4.96. The number of hydrogen-bond acceptors (Lipinski definition) is 8. The summed E-state index contributed by atoms with van der Waals surface area (Å²) in [6.45, 7) is 11.8. The number of ether oxygens (including phenoxy) is 1. The number of nitrogens with two attached hydrogens (primary N) is 3. The maximum absolute atomic E-state index is 13.5. The highest BCUT2D eigenvalue weighted by Gasteiger charge is 2.55. The Morgan fingerprint density at radius 3 is 2.20 bits per heavy atom. The lowest BCUT2D eigenvalue weighted by molar-refractivity contribution is -0.910. The number of primary amides is 2. The Hall–Kier alpha value is -3.06.